The number of carbonyl (C=O) groups is 1. The van der Waals surface area contributed by atoms with Crippen LogP contribution in [0.15, 0.2) is 47.3 Å². The van der Waals surface area contributed by atoms with E-state index in [1.807, 2.05) is 24.3 Å². The summed E-state index contributed by atoms with van der Waals surface area (Å²) in [7, 11) is 0. The topological polar surface area (TPSA) is 89.1 Å². The predicted octanol–water partition coefficient (Wildman–Crippen LogP) is 2.21. The van der Waals surface area contributed by atoms with Gasteiger partial charge in [-0.3, -0.25) is 0 Å². The van der Waals surface area contributed by atoms with Gasteiger partial charge in [0.1, 0.15) is 5.57 Å². The average Bonchev–Trinajstić information content (AvgIpc) is 2.44. The molecule has 0 saturated heterocycles. The van der Waals surface area contributed by atoms with Gasteiger partial charge in [-0.1, -0.05) is 28.1 Å². The number of aromatic nitrogens is 2. The fraction of sp³-hybridized carbons (Fsp3) is 0.0714. The largest absolute Gasteiger partial charge is 0.477 e. The highest BCUT2D eigenvalue weighted by atomic mass is 79.9. The lowest BCUT2D eigenvalue weighted by Gasteiger charge is -2.03. The second-order valence-electron chi connectivity index (χ2n) is 4.10. The first-order valence-corrected chi connectivity index (χ1v) is 6.60. The van der Waals surface area contributed by atoms with Crippen molar-refractivity contribution in [2.45, 2.75) is 6.42 Å². The molecule has 0 saturated carbocycles. The van der Waals surface area contributed by atoms with Crippen LogP contribution in [0.3, 0.4) is 0 Å². The molecule has 20 heavy (non-hydrogen) atoms. The zero-order valence-electron chi connectivity index (χ0n) is 10.5. The van der Waals surface area contributed by atoms with Gasteiger partial charge in [-0.25, -0.2) is 14.8 Å². The number of rotatable bonds is 4. The number of nitrogens with two attached hydrogens (primary N) is 1. The van der Waals surface area contributed by atoms with E-state index in [4.69, 9.17) is 10.8 Å². The van der Waals surface area contributed by atoms with Crippen LogP contribution < -0.4 is 5.73 Å². The number of carboxylic acid groups (broad SMARTS) is 1. The lowest BCUT2D eigenvalue weighted by atomic mass is 10.1. The van der Waals surface area contributed by atoms with Crippen molar-refractivity contribution in [1.29, 1.82) is 0 Å². The van der Waals surface area contributed by atoms with Gasteiger partial charge in [0.25, 0.3) is 0 Å². The van der Waals surface area contributed by atoms with Crippen molar-refractivity contribution in [1.82, 2.24) is 9.97 Å². The Morgan fingerprint density at radius 2 is 1.80 bits per heavy atom. The standard InChI is InChI=1S/C14H12BrN3O2/c15-11-3-1-9(2-4-11)5-10-7-17-13(18-8-10)12(6-16)14(19)20/h1-4,6-8H,5,16H2,(H,19,20)/b12-6+. The van der Waals surface area contributed by atoms with Gasteiger partial charge in [0.2, 0.25) is 0 Å². The molecule has 0 spiro atoms. The maximum atomic E-state index is 10.9. The van der Waals surface area contributed by atoms with Gasteiger partial charge >= 0.3 is 5.97 Å². The number of hydrogen-bond donors (Lipinski definition) is 2. The molecule has 5 nitrogen and oxygen atoms in total. The highest BCUT2D eigenvalue weighted by Crippen LogP contribution is 2.14. The molecule has 2 rings (SSSR count). The molecule has 0 aliphatic rings. The molecular formula is C14H12BrN3O2. The Morgan fingerprint density at radius 1 is 1.20 bits per heavy atom. The van der Waals surface area contributed by atoms with E-state index in [0.717, 1.165) is 21.8 Å². The summed E-state index contributed by atoms with van der Waals surface area (Å²) in [6.07, 6.45) is 4.89. The molecule has 3 N–H and O–H groups in total. The van der Waals surface area contributed by atoms with Crippen molar-refractivity contribution in [2.24, 2.45) is 5.73 Å². The molecule has 2 aromatic rings. The van der Waals surface area contributed by atoms with Crippen LogP contribution in [0.4, 0.5) is 0 Å². The minimum absolute atomic E-state index is 0.111. The Morgan fingerprint density at radius 3 is 2.30 bits per heavy atom. The number of nitrogens with zero attached hydrogens (tertiary/aromatic N) is 2. The van der Waals surface area contributed by atoms with Gasteiger partial charge in [0, 0.05) is 29.5 Å². The first kappa shape index (κ1) is 14.2. The van der Waals surface area contributed by atoms with Crippen LogP contribution in [0.25, 0.3) is 5.57 Å². The van der Waals surface area contributed by atoms with E-state index in [1.54, 1.807) is 12.4 Å². The maximum absolute atomic E-state index is 10.9. The maximum Gasteiger partial charge on any atom is 0.341 e. The van der Waals surface area contributed by atoms with E-state index in [9.17, 15) is 4.79 Å². The van der Waals surface area contributed by atoms with Crippen molar-refractivity contribution in [2.75, 3.05) is 0 Å². The third kappa shape index (κ3) is 3.42. The molecule has 0 atom stereocenters. The zero-order chi connectivity index (χ0) is 14.5. The SMILES string of the molecule is N/C=C(/C(=O)O)c1ncc(Cc2ccc(Br)cc2)cn1. The predicted molar refractivity (Wildman–Crippen MR) is 78.8 cm³/mol. The smallest absolute Gasteiger partial charge is 0.341 e. The summed E-state index contributed by atoms with van der Waals surface area (Å²) in [5.41, 5.74) is 7.17. The highest BCUT2D eigenvalue weighted by Gasteiger charge is 2.12. The van der Waals surface area contributed by atoms with E-state index in [0.29, 0.717) is 6.42 Å². The fourth-order valence-electron chi connectivity index (χ4n) is 1.66. The minimum Gasteiger partial charge on any atom is -0.477 e. The van der Waals surface area contributed by atoms with Gasteiger partial charge in [-0.2, -0.15) is 0 Å². The molecule has 0 aliphatic heterocycles. The van der Waals surface area contributed by atoms with Crippen molar-refractivity contribution in [3.63, 3.8) is 0 Å². The van der Waals surface area contributed by atoms with E-state index in [1.165, 1.54) is 0 Å². The molecule has 0 bridgehead atoms. The third-order valence-corrected chi connectivity index (χ3v) is 3.19. The molecule has 0 amide bonds. The van der Waals surface area contributed by atoms with Crippen LogP contribution in [0.2, 0.25) is 0 Å². The first-order chi connectivity index (χ1) is 9.60. The Bertz CT molecular complexity index is 636. The first-order valence-electron chi connectivity index (χ1n) is 5.81. The Balaban J connectivity index is 2.16. The van der Waals surface area contributed by atoms with Crippen molar-refractivity contribution >= 4 is 27.5 Å². The molecule has 6 heteroatoms. The molecule has 102 valence electrons. The van der Waals surface area contributed by atoms with Gasteiger partial charge in [0.15, 0.2) is 5.82 Å². The quantitative estimate of drug-likeness (QED) is 0.837. The average molecular weight is 334 g/mol. The summed E-state index contributed by atoms with van der Waals surface area (Å²) < 4.78 is 1.02. The fourth-order valence-corrected chi connectivity index (χ4v) is 1.93. The summed E-state index contributed by atoms with van der Waals surface area (Å²) in [5, 5.41) is 8.92. The molecule has 0 fully saturated rings. The van der Waals surface area contributed by atoms with Crippen LogP contribution in [-0.4, -0.2) is 21.0 Å². The van der Waals surface area contributed by atoms with Crippen LogP contribution >= 0.6 is 15.9 Å². The Labute approximate surface area is 124 Å². The van der Waals surface area contributed by atoms with Crippen molar-refractivity contribution < 1.29 is 9.90 Å². The molecule has 0 aliphatic carbocycles. The number of benzene rings is 1. The summed E-state index contributed by atoms with van der Waals surface area (Å²) in [6.45, 7) is 0. The van der Waals surface area contributed by atoms with Gasteiger partial charge in [-0.15, -0.1) is 0 Å². The number of aliphatic carboxylic acids is 1. The number of halogens is 1. The van der Waals surface area contributed by atoms with E-state index in [2.05, 4.69) is 25.9 Å². The molecule has 1 aromatic heterocycles. The molecular weight excluding hydrogens is 322 g/mol. The van der Waals surface area contributed by atoms with E-state index >= 15 is 0 Å². The Kier molecular flexibility index (Phi) is 4.47. The summed E-state index contributed by atoms with van der Waals surface area (Å²) >= 11 is 3.38. The van der Waals surface area contributed by atoms with Gasteiger partial charge in [0.05, 0.1) is 0 Å². The lowest BCUT2D eigenvalue weighted by Crippen LogP contribution is -2.06. The number of hydrogen-bond acceptors (Lipinski definition) is 4. The summed E-state index contributed by atoms with van der Waals surface area (Å²) in [6, 6.07) is 7.93. The van der Waals surface area contributed by atoms with Gasteiger partial charge in [-0.05, 0) is 23.3 Å². The molecule has 0 radical (unpaired) electrons. The molecule has 0 unspecified atom stereocenters. The van der Waals surface area contributed by atoms with E-state index in [-0.39, 0.29) is 11.4 Å². The lowest BCUT2D eigenvalue weighted by molar-refractivity contribution is -0.130. The second kappa shape index (κ2) is 6.29. The van der Waals surface area contributed by atoms with Crippen LogP contribution in [0.1, 0.15) is 17.0 Å². The Hall–Kier alpha value is -2.21. The normalized spacial score (nSPS) is 11.3. The van der Waals surface area contributed by atoms with Crippen LogP contribution in [0.5, 0.6) is 0 Å². The third-order valence-electron chi connectivity index (χ3n) is 2.66. The van der Waals surface area contributed by atoms with Crippen molar-refractivity contribution in [3.8, 4) is 0 Å². The monoisotopic (exact) mass is 333 g/mol. The van der Waals surface area contributed by atoms with Gasteiger partial charge < -0.3 is 10.8 Å². The second-order valence-corrected chi connectivity index (χ2v) is 5.02. The minimum atomic E-state index is -1.15. The van der Waals surface area contributed by atoms with Crippen LogP contribution in [0, 0.1) is 0 Å². The van der Waals surface area contributed by atoms with Crippen molar-refractivity contribution in [3.05, 3.63) is 64.3 Å². The van der Waals surface area contributed by atoms with Crippen LogP contribution in [-0.2, 0) is 11.2 Å². The molecule has 1 heterocycles. The van der Waals surface area contributed by atoms with E-state index < -0.39 is 5.97 Å². The zero-order valence-corrected chi connectivity index (χ0v) is 12.0. The molecule has 1 aromatic carbocycles. The summed E-state index contributed by atoms with van der Waals surface area (Å²) in [5.74, 6) is -1.03. The highest BCUT2D eigenvalue weighted by molar-refractivity contribution is 9.10. The number of carboxylic acids is 1. The summed E-state index contributed by atoms with van der Waals surface area (Å²) in [4.78, 5) is 19.0.